The fourth-order valence-electron chi connectivity index (χ4n) is 2.52. The van der Waals surface area contributed by atoms with Crippen LogP contribution in [0.5, 0.6) is 0 Å². The first kappa shape index (κ1) is 15.5. The zero-order valence-electron chi connectivity index (χ0n) is 13.0. The predicted octanol–water partition coefficient (Wildman–Crippen LogP) is 2.64. The molecule has 5 heteroatoms. The highest BCUT2D eigenvalue weighted by Crippen LogP contribution is 2.19. The van der Waals surface area contributed by atoms with Gasteiger partial charge in [-0.15, -0.1) is 0 Å². The summed E-state index contributed by atoms with van der Waals surface area (Å²) in [5.74, 6) is 0.132. The Morgan fingerprint density at radius 2 is 2.10 bits per heavy atom. The van der Waals surface area contributed by atoms with E-state index < -0.39 is 5.97 Å². The largest absolute Gasteiger partial charge is 0.478 e. The number of aryl methyl sites for hydroxylation is 2. The molecule has 0 fully saturated rings. The van der Waals surface area contributed by atoms with Crippen LogP contribution in [-0.4, -0.2) is 46.2 Å². The van der Waals surface area contributed by atoms with Gasteiger partial charge in [0.2, 0.25) is 0 Å². The lowest BCUT2D eigenvalue weighted by atomic mass is 10.2. The Labute approximate surface area is 125 Å². The predicted molar refractivity (Wildman–Crippen MR) is 83.9 cm³/mol. The van der Waals surface area contributed by atoms with E-state index in [0.717, 1.165) is 49.2 Å². The Morgan fingerprint density at radius 3 is 2.71 bits per heavy atom. The summed E-state index contributed by atoms with van der Waals surface area (Å²) in [6, 6.07) is 5.15. The molecular weight excluding hydrogens is 266 g/mol. The number of imidazole rings is 1. The summed E-state index contributed by atoms with van der Waals surface area (Å²) < 4.78 is 2.16. The maximum Gasteiger partial charge on any atom is 0.335 e. The van der Waals surface area contributed by atoms with Gasteiger partial charge in [-0.3, -0.25) is 0 Å². The van der Waals surface area contributed by atoms with Gasteiger partial charge in [-0.2, -0.15) is 0 Å². The summed E-state index contributed by atoms with van der Waals surface area (Å²) in [5, 5.41) is 9.14. The molecule has 0 aliphatic heterocycles. The van der Waals surface area contributed by atoms with Crippen molar-refractivity contribution in [3.05, 3.63) is 29.6 Å². The highest BCUT2D eigenvalue weighted by Gasteiger charge is 2.12. The number of fused-ring (bicyclic) bond motifs is 1. The van der Waals surface area contributed by atoms with Crippen molar-refractivity contribution in [2.45, 2.75) is 32.7 Å². The van der Waals surface area contributed by atoms with Crippen LogP contribution in [0, 0.1) is 0 Å². The topological polar surface area (TPSA) is 58.4 Å². The van der Waals surface area contributed by atoms with E-state index in [1.165, 1.54) is 0 Å². The quantitative estimate of drug-likeness (QED) is 0.796. The van der Waals surface area contributed by atoms with Crippen molar-refractivity contribution in [3.8, 4) is 0 Å². The van der Waals surface area contributed by atoms with Crippen molar-refractivity contribution < 1.29 is 9.90 Å². The van der Waals surface area contributed by atoms with Crippen LogP contribution in [-0.2, 0) is 13.0 Å². The first-order valence-electron chi connectivity index (χ1n) is 7.40. The lowest BCUT2D eigenvalue weighted by molar-refractivity contribution is 0.0697. The smallest absolute Gasteiger partial charge is 0.335 e. The third-order valence-corrected chi connectivity index (χ3v) is 3.63. The minimum atomic E-state index is -0.893. The van der Waals surface area contributed by atoms with E-state index in [-0.39, 0.29) is 0 Å². The number of hydrogen-bond acceptors (Lipinski definition) is 3. The van der Waals surface area contributed by atoms with Crippen molar-refractivity contribution in [1.29, 1.82) is 0 Å². The lowest BCUT2D eigenvalue weighted by Crippen LogP contribution is -2.14. The van der Waals surface area contributed by atoms with Crippen molar-refractivity contribution in [2.75, 3.05) is 20.6 Å². The van der Waals surface area contributed by atoms with E-state index in [1.807, 2.05) is 0 Å². The molecule has 2 rings (SSSR count). The van der Waals surface area contributed by atoms with Crippen LogP contribution >= 0.6 is 0 Å². The summed E-state index contributed by atoms with van der Waals surface area (Å²) in [4.78, 5) is 17.9. The van der Waals surface area contributed by atoms with Crippen LogP contribution in [0.4, 0.5) is 0 Å². The number of carbonyl (C=O) groups is 1. The summed E-state index contributed by atoms with van der Waals surface area (Å²) in [6.45, 7) is 4.03. The number of benzene rings is 1. The first-order chi connectivity index (χ1) is 10.0. The van der Waals surface area contributed by atoms with Gasteiger partial charge in [-0.25, -0.2) is 9.78 Å². The average Bonchev–Trinajstić information content (AvgIpc) is 2.80. The molecule has 0 unspecified atom stereocenters. The number of hydrogen-bond donors (Lipinski definition) is 1. The molecule has 0 aliphatic rings. The van der Waals surface area contributed by atoms with E-state index in [2.05, 4.69) is 35.5 Å². The van der Waals surface area contributed by atoms with Crippen molar-refractivity contribution in [3.63, 3.8) is 0 Å². The molecule has 0 amide bonds. The molecule has 0 bridgehead atoms. The van der Waals surface area contributed by atoms with Crippen molar-refractivity contribution in [2.24, 2.45) is 0 Å². The Bertz CT molecular complexity index is 632. The molecule has 0 saturated heterocycles. The molecule has 1 N–H and O–H groups in total. The Kier molecular flexibility index (Phi) is 4.96. The van der Waals surface area contributed by atoms with E-state index in [0.29, 0.717) is 5.56 Å². The average molecular weight is 289 g/mol. The second-order valence-corrected chi connectivity index (χ2v) is 5.55. The van der Waals surface area contributed by atoms with Crippen molar-refractivity contribution in [1.82, 2.24) is 14.5 Å². The fraction of sp³-hybridized carbons (Fsp3) is 0.500. The fourth-order valence-corrected chi connectivity index (χ4v) is 2.52. The molecule has 1 aromatic heterocycles. The highest BCUT2D eigenvalue weighted by atomic mass is 16.4. The van der Waals surface area contributed by atoms with Gasteiger partial charge in [0.05, 0.1) is 16.6 Å². The molecule has 0 saturated carbocycles. The Hall–Kier alpha value is -1.88. The van der Waals surface area contributed by atoms with Gasteiger partial charge in [0, 0.05) is 13.0 Å². The number of nitrogens with zero attached hydrogens (tertiary/aromatic N) is 3. The van der Waals surface area contributed by atoms with E-state index in [1.54, 1.807) is 18.2 Å². The molecule has 21 heavy (non-hydrogen) atoms. The second-order valence-electron chi connectivity index (χ2n) is 5.55. The summed E-state index contributed by atoms with van der Waals surface area (Å²) in [5.41, 5.74) is 2.13. The van der Waals surface area contributed by atoms with E-state index in [4.69, 9.17) is 5.11 Å². The second kappa shape index (κ2) is 6.72. The van der Waals surface area contributed by atoms with Crippen LogP contribution in [0.25, 0.3) is 11.0 Å². The molecule has 0 atom stereocenters. The van der Waals surface area contributed by atoms with Gasteiger partial charge in [-0.05, 0) is 51.7 Å². The number of aromatic nitrogens is 2. The standard InChI is InChI=1S/C16H23N3O2/c1-4-15-17-13-8-7-12(16(20)21)11-14(13)19(15)10-6-5-9-18(2)3/h7-8,11H,4-6,9-10H2,1-3H3,(H,20,21). The third-order valence-electron chi connectivity index (χ3n) is 3.63. The van der Waals surface area contributed by atoms with E-state index >= 15 is 0 Å². The van der Waals surface area contributed by atoms with Gasteiger partial charge in [0.25, 0.3) is 0 Å². The van der Waals surface area contributed by atoms with Crippen LogP contribution in [0.3, 0.4) is 0 Å². The minimum Gasteiger partial charge on any atom is -0.478 e. The van der Waals surface area contributed by atoms with Crippen LogP contribution < -0.4 is 0 Å². The van der Waals surface area contributed by atoms with Crippen LogP contribution in [0.15, 0.2) is 18.2 Å². The van der Waals surface area contributed by atoms with E-state index in [9.17, 15) is 4.79 Å². The molecule has 0 radical (unpaired) electrons. The minimum absolute atomic E-state index is 0.319. The number of carboxylic acids is 1. The number of unbranched alkanes of at least 4 members (excludes halogenated alkanes) is 1. The third kappa shape index (κ3) is 3.61. The summed E-state index contributed by atoms with van der Waals surface area (Å²) in [6.07, 6.45) is 3.03. The van der Waals surface area contributed by atoms with Gasteiger partial charge in [-0.1, -0.05) is 6.92 Å². The molecule has 2 aromatic rings. The lowest BCUT2D eigenvalue weighted by Gasteiger charge is -2.11. The zero-order chi connectivity index (χ0) is 15.4. The van der Waals surface area contributed by atoms with Gasteiger partial charge >= 0.3 is 5.97 Å². The normalized spacial score (nSPS) is 11.4. The molecule has 1 aromatic carbocycles. The van der Waals surface area contributed by atoms with Crippen molar-refractivity contribution >= 4 is 17.0 Å². The molecule has 114 valence electrons. The summed E-state index contributed by atoms with van der Waals surface area (Å²) >= 11 is 0. The monoisotopic (exact) mass is 289 g/mol. The molecule has 0 spiro atoms. The molecular formula is C16H23N3O2. The number of aromatic carboxylic acids is 1. The zero-order valence-corrected chi connectivity index (χ0v) is 13.0. The molecule has 1 heterocycles. The maximum absolute atomic E-state index is 11.1. The molecule has 0 aliphatic carbocycles. The Morgan fingerprint density at radius 1 is 1.33 bits per heavy atom. The van der Waals surface area contributed by atoms with Gasteiger partial charge < -0.3 is 14.6 Å². The highest BCUT2D eigenvalue weighted by molar-refractivity contribution is 5.92. The number of carboxylic acid groups (broad SMARTS) is 1. The number of rotatable bonds is 7. The SMILES string of the molecule is CCc1nc2ccc(C(=O)O)cc2n1CCCCN(C)C. The van der Waals surface area contributed by atoms with Crippen LogP contribution in [0.1, 0.15) is 35.9 Å². The van der Waals surface area contributed by atoms with Gasteiger partial charge in [0.1, 0.15) is 5.82 Å². The van der Waals surface area contributed by atoms with Gasteiger partial charge in [0.15, 0.2) is 0 Å². The van der Waals surface area contributed by atoms with Crippen LogP contribution in [0.2, 0.25) is 0 Å². The molecule has 5 nitrogen and oxygen atoms in total. The first-order valence-corrected chi connectivity index (χ1v) is 7.40. The maximum atomic E-state index is 11.1. The Balaban J connectivity index is 2.26. The summed E-state index contributed by atoms with van der Waals surface area (Å²) in [7, 11) is 4.15.